The van der Waals surface area contributed by atoms with Crippen LogP contribution in [0.3, 0.4) is 0 Å². The van der Waals surface area contributed by atoms with Crippen LogP contribution in [0.25, 0.3) is 11.1 Å². The van der Waals surface area contributed by atoms with Gasteiger partial charge in [0.25, 0.3) is 5.56 Å². The second kappa shape index (κ2) is 6.75. The molecule has 5 nitrogen and oxygen atoms in total. The third-order valence-corrected chi connectivity index (χ3v) is 4.95. The molecule has 4 rings (SSSR count). The molecule has 1 aliphatic carbocycles. The Kier molecular flexibility index (Phi) is 4.27. The van der Waals surface area contributed by atoms with Gasteiger partial charge < -0.3 is 10.8 Å². The van der Waals surface area contributed by atoms with Crippen LogP contribution in [-0.2, 0) is 13.7 Å². The van der Waals surface area contributed by atoms with E-state index < -0.39 is 0 Å². The third-order valence-electron chi connectivity index (χ3n) is 4.95. The number of nitrogen functional groups attached to an aromatic ring is 1. The minimum absolute atomic E-state index is 0.00170. The summed E-state index contributed by atoms with van der Waals surface area (Å²) in [6.45, 7) is 0.0257. The highest BCUT2D eigenvalue weighted by Gasteiger charge is 2.29. The Morgan fingerprint density at radius 2 is 1.81 bits per heavy atom. The second-order valence-corrected chi connectivity index (χ2v) is 6.66. The van der Waals surface area contributed by atoms with E-state index >= 15 is 0 Å². The Balaban J connectivity index is 1.60. The first-order chi connectivity index (χ1) is 13.1. The van der Waals surface area contributed by atoms with E-state index in [2.05, 4.69) is 41.1 Å². The monoisotopic (exact) mass is 357 g/mol. The average Bonchev–Trinajstić information content (AvgIpc) is 2.66. The molecule has 0 spiro atoms. The smallest absolute Gasteiger partial charge is 0.254 e. The van der Waals surface area contributed by atoms with Crippen LogP contribution in [0.4, 0.5) is 5.95 Å². The van der Waals surface area contributed by atoms with E-state index in [-0.39, 0.29) is 30.0 Å². The van der Waals surface area contributed by atoms with Gasteiger partial charge in [0.15, 0.2) is 0 Å². The summed E-state index contributed by atoms with van der Waals surface area (Å²) in [5.41, 5.74) is 10.4. The highest BCUT2D eigenvalue weighted by molar-refractivity contribution is 5.65. The van der Waals surface area contributed by atoms with Crippen molar-refractivity contribution in [3.05, 3.63) is 81.8 Å². The largest absolute Gasteiger partial charge is 0.392 e. The van der Waals surface area contributed by atoms with Crippen molar-refractivity contribution in [1.29, 1.82) is 0 Å². The number of aliphatic hydroxyl groups is 1. The van der Waals surface area contributed by atoms with Crippen LogP contribution >= 0.6 is 0 Å². The van der Waals surface area contributed by atoms with E-state index in [1.54, 1.807) is 7.05 Å². The van der Waals surface area contributed by atoms with Crippen LogP contribution in [0.1, 0.15) is 28.7 Å². The fraction of sp³-hybridized carbons (Fsp3) is 0.182. The number of nitrogens with zero attached hydrogens (tertiary/aromatic N) is 2. The van der Waals surface area contributed by atoms with Gasteiger partial charge in [0.1, 0.15) is 0 Å². The van der Waals surface area contributed by atoms with Gasteiger partial charge in [-0.1, -0.05) is 54.3 Å². The molecule has 0 fully saturated rings. The molecule has 134 valence electrons. The lowest BCUT2D eigenvalue weighted by Crippen LogP contribution is -2.25. The summed E-state index contributed by atoms with van der Waals surface area (Å²) in [6.07, 6.45) is 0. The molecule has 3 aromatic rings. The molecule has 0 radical (unpaired) electrons. The predicted molar refractivity (Wildman–Crippen MR) is 105 cm³/mol. The van der Waals surface area contributed by atoms with E-state index in [0.29, 0.717) is 5.69 Å². The van der Waals surface area contributed by atoms with E-state index in [4.69, 9.17) is 5.73 Å². The quantitative estimate of drug-likeness (QED) is 0.703. The summed E-state index contributed by atoms with van der Waals surface area (Å²) < 4.78 is 1.32. The van der Waals surface area contributed by atoms with Crippen LogP contribution in [0.5, 0.6) is 0 Å². The molecular weight excluding hydrogens is 338 g/mol. The molecule has 0 bridgehead atoms. The number of nitrogens with two attached hydrogens (primary N) is 1. The van der Waals surface area contributed by atoms with Gasteiger partial charge in [-0.25, -0.2) is 4.98 Å². The molecule has 0 saturated carbocycles. The van der Waals surface area contributed by atoms with Crippen molar-refractivity contribution >= 4 is 5.95 Å². The lowest BCUT2D eigenvalue weighted by atomic mass is 9.78. The lowest BCUT2D eigenvalue weighted by Gasteiger charge is -2.25. The van der Waals surface area contributed by atoms with Crippen LogP contribution < -0.4 is 11.3 Å². The SMILES string of the molecule is Cn1c(N)nc(C2C#CC2c2ccc(-c3cccc(CO)c3)cc2)cc1=O. The van der Waals surface area contributed by atoms with Gasteiger partial charge in [-0.05, 0) is 28.3 Å². The minimum atomic E-state index is -0.177. The molecule has 0 aliphatic heterocycles. The van der Waals surface area contributed by atoms with Gasteiger partial charge in [-0.3, -0.25) is 9.36 Å². The highest BCUT2D eigenvalue weighted by Crippen LogP contribution is 2.37. The maximum Gasteiger partial charge on any atom is 0.254 e. The Bertz CT molecular complexity index is 1120. The minimum Gasteiger partial charge on any atom is -0.392 e. The van der Waals surface area contributed by atoms with Gasteiger partial charge in [-0.15, -0.1) is 0 Å². The van der Waals surface area contributed by atoms with Crippen LogP contribution in [0.15, 0.2) is 59.4 Å². The van der Waals surface area contributed by atoms with Crippen molar-refractivity contribution in [1.82, 2.24) is 9.55 Å². The molecule has 2 atom stereocenters. The van der Waals surface area contributed by atoms with E-state index in [9.17, 15) is 9.90 Å². The van der Waals surface area contributed by atoms with E-state index in [1.807, 2.05) is 24.3 Å². The molecule has 1 aromatic heterocycles. The highest BCUT2D eigenvalue weighted by atomic mass is 16.3. The lowest BCUT2D eigenvalue weighted by molar-refractivity contribution is 0.282. The molecule has 3 N–H and O–H groups in total. The van der Waals surface area contributed by atoms with E-state index in [0.717, 1.165) is 22.3 Å². The fourth-order valence-electron chi connectivity index (χ4n) is 3.24. The van der Waals surface area contributed by atoms with Gasteiger partial charge >= 0.3 is 0 Å². The zero-order valence-electron chi connectivity index (χ0n) is 14.9. The summed E-state index contributed by atoms with van der Waals surface area (Å²) in [5.74, 6) is 6.35. The Morgan fingerprint density at radius 1 is 1.07 bits per heavy atom. The fourth-order valence-corrected chi connectivity index (χ4v) is 3.24. The number of aromatic nitrogens is 2. The first kappa shape index (κ1) is 17.1. The summed E-state index contributed by atoms with van der Waals surface area (Å²) in [4.78, 5) is 16.3. The molecule has 2 aromatic carbocycles. The van der Waals surface area contributed by atoms with Crippen LogP contribution in [0, 0.1) is 11.8 Å². The van der Waals surface area contributed by atoms with Crippen LogP contribution in [-0.4, -0.2) is 14.7 Å². The number of hydrogen-bond donors (Lipinski definition) is 2. The van der Waals surface area contributed by atoms with Gasteiger partial charge in [0, 0.05) is 13.1 Å². The first-order valence-electron chi connectivity index (χ1n) is 8.71. The Morgan fingerprint density at radius 3 is 2.44 bits per heavy atom. The molecule has 1 heterocycles. The van der Waals surface area contributed by atoms with Crippen molar-refractivity contribution in [2.75, 3.05) is 5.73 Å². The molecule has 27 heavy (non-hydrogen) atoms. The maximum atomic E-state index is 12.0. The number of hydrogen-bond acceptors (Lipinski definition) is 4. The normalized spacial score (nSPS) is 17.7. The van der Waals surface area contributed by atoms with Crippen molar-refractivity contribution in [3.8, 4) is 23.0 Å². The van der Waals surface area contributed by atoms with Crippen molar-refractivity contribution in [2.24, 2.45) is 7.05 Å². The van der Waals surface area contributed by atoms with Crippen molar-refractivity contribution in [3.63, 3.8) is 0 Å². The second-order valence-electron chi connectivity index (χ2n) is 6.66. The summed E-state index contributed by atoms with van der Waals surface area (Å²) in [6, 6.07) is 17.6. The summed E-state index contributed by atoms with van der Waals surface area (Å²) in [5, 5.41) is 9.31. The molecule has 0 saturated heterocycles. The Labute approximate surface area is 157 Å². The number of aliphatic hydroxyl groups excluding tert-OH is 1. The maximum absolute atomic E-state index is 12.0. The van der Waals surface area contributed by atoms with Crippen molar-refractivity contribution < 1.29 is 5.11 Å². The number of rotatable bonds is 4. The summed E-state index contributed by atoms with van der Waals surface area (Å²) in [7, 11) is 1.60. The summed E-state index contributed by atoms with van der Waals surface area (Å²) >= 11 is 0. The zero-order chi connectivity index (χ0) is 19.0. The van der Waals surface area contributed by atoms with Gasteiger partial charge in [-0.2, -0.15) is 0 Å². The molecular formula is C22H19N3O2. The molecule has 1 aliphatic rings. The van der Waals surface area contributed by atoms with Gasteiger partial charge in [0.2, 0.25) is 5.95 Å². The topological polar surface area (TPSA) is 81.1 Å². The van der Waals surface area contributed by atoms with Crippen molar-refractivity contribution in [2.45, 2.75) is 18.4 Å². The third kappa shape index (κ3) is 3.12. The Hall–Kier alpha value is -3.36. The van der Waals surface area contributed by atoms with Gasteiger partial charge in [0.05, 0.1) is 24.1 Å². The molecule has 2 unspecified atom stereocenters. The molecule has 5 heteroatoms. The zero-order valence-corrected chi connectivity index (χ0v) is 14.9. The standard InChI is InChI=1S/C22H19N3O2/c1-25-21(27)12-20(24-22(25)23)19-10-9-18(19)16-7-5-15(6-8-16)17-4-2-3-14(11-17)13-26/h2-8,11-12,18-19,26H,13H2,1H3,(H2,23,24). The average molecular weight is 357 g/mol. The number of anilines is 1. The first-order valence-corrected chi connectivity index (χ1v) is 8.71. The van der Waals surface area contributed by atoms with Crippen LogP contribution in [0.2, 0.25) is 0 Å². The predicted octanol–water partition coefficient (Wildman–Crippen LogP) is 2.41. The van der Waals surface area contributed by atoms with E-state index in [1.165, 1.54) is 10.6 Å². The number of benzene rings is 2. The molecule has 0 amide bonds.